The van der Waals surface area contributed by atoms with Gasteiger partial charge in [-0.05, 0) is 87.6 Å². The lowest BCUT2D eigenvalue weighted by Crippen LogP contribution is -2.55. The SMILES string of the molecule is C=CC(=O)N1CCN(c2nc(OCC3CCCN3C)nc3c2CC[C@@]2(CCc4ccccc4C2)C3)C[C@@H]1CC#N. The summed E-state index contributed by atoms with van der Waals surface area (Å²) in [5, 5.41) is 9.51. The smallest absolute Gasteiger partial charge is 0.318 e. The number of ether oxygens (including phenoxy) is 1. The molecule has 0 saturated carbocycles. The van der Waals surface area contributed by atoms with E-state index in [4.69, 9.17) is 14.7 Å². The van der Waals surface area contributed by atoms with Gasteiger partial charge in [-0.15, -0.1) is 0 Å². The fourth-order valence-electron chi connectivity index (χ4n) is 7.38. The van der Waals surface area contributed by atoms with Gasteiger partial charge in [-0.25, -0.2) is 0 Å². The third kappa shape index (κ3) is 5.19. The maximum absolute atomic E-state index is 12.5. The fourth-order valence-corrected chi connectivity index (χ4v) is 7.38. The van der Waals surface area contributed by atoms with E-state index < -0.39 is 0 Å². The third-order valence-electron chi connectivity index (χ3n) is 9.75. The Labute approximate surface area is 237 Å². The van der Waals surface area contributed by atoms with Gasteiger partial charge in [0.25, 0.3) is 0 Å². The minimum atomic E-state index is -0.198. The number of hydrogen-bond acceptors (Lipinski definition) is 7. The largest absolute Gasteiger partial charge is 0.462 e. The van der Waals surface area contributed by atoms with E-state index >= 15 is 0 Å². The van der Waals surface area contributed by atoms with E-state index in [1.165, 1.54) is 35.6 Å². The van der Waals surface area contributed by atoms with Crippen LogP contribution in [0.3, 0.4) is 0 Å². The molecule has 2 aliphatic heterocycles. The Balaban J connectivity index is 1.30. The van der Waals surface area contributed by atoms with Crippen molar-refractivity contribution in [3.05, 3.63) is 59.3 Å². The summed E-state index contributed by atoms with van der Waals surface area (Å²) in [6.07, 6.45) is 10.3. The van der Waals surface area contributed by atoms with Crippen LogP contribution in [0.5, 0.6) is 6.01 Å². The highest BCUT2D eigenvalue weighted by molar-refractivity contribution is 5.87. The van der Waals surface area contributed by atoms with Crippen LogP contribution in [-0.4, -0.2) is 77.6 Å². The Morgan fingerprint density at radius 2 is 1.98 bits per heavy atom. The number of piperazine rings is 1. The molecule has 1 amide bonds. The number of carbonyl (C=O) groups excluding carboxylic acids is 1. The fraction of sp³-hybridized carbons (Fsp3) is 0.562. The molecule has 0 radical (unpaired) electrons. The first-order chi connectivity index (χ1) is 19.5. The number of anilines is 1. The Bertz CT molecular complexity index is 1320. The minimum Gasteiger partial charge on any atom is -0.462 e. The van der Waals surface area contributed by atoms with E-state index in [2.05, 4.69) is 53.8 Å². The predicted octanol–water partition coefficient (Wildman–Crippen LogP) is 3.73. The molecule has 1 unspecified atom stereocenters. The molecule has 2 aliphatic carbocycles. The first-order valence-electron chi connectivity index (χ1n) is 14.8. The second kappa shape index (κ2) is 11.2. The zero-order valence-electron chi connectivity index (χ0n) is 23.6. The number of amides is 1. The van der Waals surface area contributed by atoms with Crippen molar-refractivity contribution >= 4 is 11.7 Å². The van der Waals surface area contributed by atoms with Gasteiger partial charge in [0.1, 0.15) is 12.4 Å². The van der Waals surface area contributed by atoms with E-state index in [0.29, 0.717) is 38.3 Å². The number of fused-ring (bicyclic) bond motifs is 2. The highest BCUT2D eigenvalue weighted by Crippen LogP contribution is 2.46. The molecule has 2 aromatic rings. The van der Waals surface area contributed by atoms with Crippen molar-refractivity contribution in [1.29, 1.82) is 5.26 Å². The van der Waals surface area contributed by atoms with Gasteiger partial charge < -0.3 is 19.4 Å². The number of nitrogens with zero attached hydrogens (tertiary/aromatic N) is 6. The van der Waals surface area contributed by atoms with Crippen LogP contribution in [0.4, 0.5) is 5.82 Å². The predicted molar refractivity (Wildman–Crippen MR) is 154 cm³/mol. The van der Waals surface area contributed by atoms with Crippen LogP contribution >= 0.6 is 0 Å². The summed E-state index contributed by atoms with van der Waals surface area (Å²) in [5.41, 5.74) is 5.52. The quantitative estimate of drug-likeness (QED) is 0.516. The number of hydrogen-bond donors (Lipinski definition) is 0. The van der Waals surface area contributed by atoms with Gasteiger partial charge in [0, 0.05) is 31.2 Å². The number of aryl methyl sites for hydroxylation is 1. The number of carbonyl (C=O) groups is 1. The van der Waals surface area contributed by atoms with Crippen molar-refractivity contribution in [3.63, 3.8) is 0 Å². The lowest BCUT2D eigenvalue weighted by Gasteiger charge is -2.44. The second-order valence-electron chi connectivity index (χ2n) is 12.2. The number of likely N-dealkylation sites (N-methyl/N-ethyl adjacent to an activating group) is 1. The van der Waals surface area contributed by atoms with Crippen molar-refractivity contribution in [2.24, 2.45) is 5.41 Å². The number of aromatic nitrogens is 2. The van der Waals surface area contributed by atoms with Crippen molar-refractivity contribution in [1.82, 2.24) is 19.8 Å². The van der Waals surface area contributed by atoms with Gasteiger partial charge in [-0.3, -0.25) is 4.79 Å². The molecule has 0 N–H and O–H groups in total. The van der Waals surface area contributed by atoms with Gasteiger partial charge in [0.05, 0.1) is 24.2 Å². The van der Waals surface area contributed by atoms with Gasteiger partial charge in [-0.1, -0.05) is 30.8 Å². The molecule has 6 rings (SSSR count). The van der Waals surface area contributed by atoms with Gasteiger partial charge in [0.2, 0.25) is 5.91 Å². The number of rotatable bonds is 6. The van der Waals surface area contributed by atoms with Gasteiger partial charge >= 0.3 is 6.01 Å². The molecule has 1 spiro atoms. The first-order valence-corrected chi connectivity index (χ1v) is 14.8. The monoisotopic (exact) mass is 540 g/mol. The molecule has 40 heavy (non-hydrogen) atoms. The first kappa shape index (κ1) is 26.8. The Morgan fingerprint density at radius 3 is 2.75 bits per heavy atom. The summed E-state index contributed by atoms with van der Waals surface area (Å²) >= 11 is 0. The van der Waals surface area contributed by atoms with E-state index in [-0.39, 0.29) is 23.8 Å². The average molecular weight is 541 g/mol. The summed E-state index contributed by atoms with van der Waals surface area (Å²) < 4.78 is 6.32. The maximum atomic E-state index is 12.5. The molecule has 3 atom stereocenters. The van der Waals surface area contributed by atoms with Gasteiger partial charge in [0.15, 0.2) is 0 Å². The molecule has 8 heteroatoms. The Kier molecular flexibility index (Phi) is 7.50. The molecular weight excluding hydrogens is 500 g/mol. The third-order valence-corrected chi connectivity index (χ3v) is 9.75. The summed E-state index contributed by atoms with van der Waals surface area (Å²) in [7, 11) is 2.16. The van der Waals surface area contributed by atoms with Crippen LogP contribution in [-0.2, 0) is 30.5 Å². The second-order valence-corrected chi connectivity index (χ2v) is 12.2. The highest BCUT2D eigenvalue weighted by atomic mass is 16.5. The van der Waals surface area contributed by atoms with Gasteiger partial charge in [-0.2, -0.15) is 15.2 Å². The van der Waals surface area contributed by atoms with Crippen molar-refractivity contribution in [3.8, 4) is 12.1 Å². The molecule has 0 bridgehead atoms. The van der Waals surface area contributed by atoms with Crippen LogP contribution in [0.2, 0.25) is 0 Å². The molecular formula is C32H40N6O2. The summed E-state index contributed by atoms with van der Waals surface area (Å²) in [4.78, 5) is 29.0. The highest BCUT2D eigenvalue weighted by Gasteiger charge is 2.41. The average Bonchev–Trinajstić information content (AvgIpc) is 3.39. The number of benzene rings is 1. The summed E-state index contributed by atoms with van der Waals surface area (Å²) in [6, 6.07) is 11.8. The van der Waals surface area contributed by atoms with Crippen LogP contribution in [0.15, 0.2) is 36.9 Å². The number of nitriles is 1. The van der Waals surface area contributed by atoms with Crippen LogP contribution in [0.25, 0.3) is 0 Å². The van der Waals surface area contributed by atoms with E-state index in [0.717, 1.165) is 56.6 Å². The van der Waals surface area contributed by atoms with E-state index in [1.807, 2.05) is 0 Å². The zero-order valence-corrected chi connectivity index (χ0v) is 23.6. The number of likely N-dealkylation sites (tertiary alicyclic amines) is 1. The normalized spacial score (nSPS) is 26.2. The molecule has 2 saturated heterocycles. The van der Waals surface area contributed by atoms with Crippen LogP contribution in [0, 0.1) is 16.7 Å². The molecule has 4 aliphatic rings. The minimum absolute atomic E-state index is 0.117. The lowest BCUT2D eigenvalue weighted by atomic mass is 9.63. The summed E-state index contributed by atoms with van der Waals surface area (Å²) in [6.45, 7) is 7.12. The standard InChI is InChI=1S/C32H40N6O2/c1-3-29(39)38-18-17-37(21-25(38)12-15-33)30-27-11-14-32(13-10-23-7-4-5-8-24(23)19-32)20-28(27)34-31(35-30)40-22-26-9-6-16-36(26)2/h3-5,7-8,25-26H,1,6,9-14,16-22H2,2H3/t25-,26?,32+/m0/s1. The molecule has 1 aromatic carbocycles. The Morgan fingerprint density at radius 1 is 1.15 bits per heavy atom. The maximum Gasteiger partial charge on any atom is 0.318 e. The molecule has 1 aromatic heterocycles. The topological polar surface area (TPSA) is 85.6 Å². The van der Waals surface area contributed by atoms with E-state index in [9.17, 15) is 10.1 Å². The van der Waals surface area contributed by atoms with E-state index in [1.54, 1.807) is 4.90 Å². The lowest BCUT2D eigenvalue weighted by molar-refractivity contribution is -0.128. The van der Waals surface area contributed by atoms with Crippen LogP contribution in [0.1, 0.15) is 54.5 Å². The Hall–Kier alpha value is -3.44. The van der Waals surface area contributed by atoms with Crippen LogP contribution < -0.4 is 9.64 Å². The van der Waals surface area contributed by atoms with Crippen molar-refractivity contribution < 1.29 is 9.53 Å². The molecule has 2 fully saturated rings. The summed E-state index contributed by atoms with van der Waals surface area (Å²) in [5.74, 6) is 0.813. The van der Waals surface area contributed by atoms with Crippen molar-refractivity contribution in [2.45, 2.75) is 69.9 Å². The molecule has 3 heterocycles. The zero-order chi connectivity index (χ0) is 27.7. The molecule has 8 nitrogen and oxygen atoms in total. The van der Waals surface area contributed by atoms with Crippen molar-refractivity contribution in [2.75, 3.05) is 44.7 Å². The molecule has 210 valence electrons.